The van der Waals surface area contributed by atoms with Gasteiger partial charge in [0.25, 0.3) is 0 Å². The zero-order chi connectivity index (χ0) is 28.6. The number of aromatic nitrogens is 3. The number of carbonyl (C=O) groups excluding carboxylic acids is 1. The van der Waals surface area contributed by atoms with Crippen LogP contribution in [0.1, 0.15) is 35.7 Å². The topological polar surface area (TPSA) is 111 Å². The SMILES string of the molecule is C=CC(=O)N1CCC[C@@H](n2nc(-c3ccc(OCc4ncc(C)c(OC)c4C)c(Cl)c3)c3c2=NCN(C)C=3N)C1. The minimum Gasteiger partial charge on any atom is -0.496 e. The third kappa shape index (κ3) is 4.99. The van der Waals surface area contributed by atoms with Gasteiger partial charge >= 0.3 is 0 Å². The summed E-state index contributed by atoms with van der Waals surface area (Å²) in [6.07, 6.45) is 4.88. The molecule has 0 spiro atoms. The molecule has 0 bridgehead atoms. The third-order valence-corrected chi connectivity index (χ3v) is 7.83. The molecular formula is C29H34ClN7O3. The minimum absolute atomic E-state index is 0.0274. The minimum atomic E-state index is -0.0782. The van der Waals surface area contributed by atoms with E-state index in [1.807, 2.05) is 48.7 Å². The van der Waals surface area contributed by atoms with Crippen LogP contribution in [0.4, 0.5) is 0 Å². The molecular weight excluding hydrogens is 530 g/mol. The van der Waals surface area contributed by atoms with E-state index in [1.54, 1.807) is 18.2 Å². The highest BCUT2D eigenvalue weighted by Crippen LogP contribution is 2.31. The number of hydrogen-bond donors (Lipinski definition) is 1. The second kappa shape index (κ2) is 11.2. The smallest absolute Gasteiger partial charge is 0.246 e. The van der Waals surface area contributed by atoms with Crippen LogP contribution in [0.15, 0.2) is 42.0 Å². The first kappa shape index (κ1) is 27.5. The van der Waals surface area contributed by atoms with Crippen molar-refractivity contribution < 1.29 is 14.3 Å². The number of rotatable bonds is 7. The molecule has 3 aromatic rings. The van der Waals surface area contributed by atoms with Gasteiger partial charge in [0, 0.05) is 43.0 Å². The van der Waals surface area contributed by atoms with Gasteiger partial charge in [-0.15, -0.1) is 0 Å². The Labute approximate surface area is 238 Å². The normalized spacial score (nSPS) is 16.8. The van der Waals surface area contributed by atoms with Gasteiger partial charge < -0.3 is 25.0 Å². The Hall–Kier alpha value is -4.05. The van der Waals surface area contributed by atoms with Crippen LogP contribution in [0.2, 0.25) is 5.02 Å². The molecule has 1 fully saturated rings. The monoisotopic (exact) mass is 563 g/mol. The standard InChI is InChI=1S/C29H34ClN7O3/c1-6-24(38)36-11-7-8-20(14-36)37-29-25(28(31)35(4)16-33-29)26(34-37)19-9-10-23(21(30)12-19)40-15-22-18(3)27(39-5)17(2)13-32-22/h6,9-10,12-13,20H,1,7-8,11,14-16,31H2,2-5H3/t20-/m1/s1. The van der Waals surface area contributed by atoms with E-state index in [-0.39, 0.29) is 18.6 Å². The Balaban J connectivity index is 1.48. The van der Waals surface area contributed by atoms with Gasteiger partial charge in [0.1, 0.15) is 36.3 Å². The molecule has 40 heavy (non-hydrogen) atoms. The molecule has 1 saturated heterocycles. The van der Waals surface area contributed by atoms with Crippen molar-refractivity contribution in [3.8, 4) is 22.8 Å². The molecule has 11 heteroatoms. The second-order valence-corrected chi connectivity index (χ2v) is 10.5. The molecule has 0 aliphatic carbocycles. The number of methoxy groups -OCH3 is 1. The molecule has 0 unspecified atom stereocenters. The van der Waals surface area contributed by atoms with Crippen LogP contribution in [0.25, 0.3) is 17.1 Å². The Kier molecular flexibility index (Phi) is 7.71. The van der Waals surface area contributed by atoms with Crippen LogP contribution >= 0.6 is 11.6 Å². The van der Waals surface area contributed by atoms with Crippen molar-refractivity contribution in [1.82, 2.24) is 24.6 Å². The highest BCUT2D eigenvalue weighted by atomic mass is 35.5. The summed E-state index contributed by atoms with van der Waals surface area (Å²) in [7, 11) is 3.55. The molecule has 2 aliphatic heterocycles. The largest absolute Gasteiger partial charge is 0.496 e. The quantitative estimate of drug-likeness (QED) is 0.440. The van der Waals surface area contributed by atoms with Gasteiger partial charge in [0.2, 0.25) is 5.91 Å². The second-order valence-electron chi connectivity index (χ2n) is 10.1. The van der Waals surface area contributed by atoms with Crippen LogP contribution in [-0.2, 0) is 11.4 Å². The number of halogens is 1. The van der Waals surface area contributed by atoms with Crippen molar-refractivity contribution in [1.29, 1.82) is 0 Å². The Bertz CT molecular complexity index is 1600. The van der Waals surface area contributed by atoms with E-state index in [0.717, 1.165) is 51.7 Å². The molecule has 10 nitrogen and oxygen atoms in total. The summed E-state index contributed by atoms with van der Waals surface area (Å²) in [4.78, 5) is 25.3. The van der Waals surface area contributed by atoms with Crippen LogP contribution < -0.4 is 25.9 Å². The molecule has 4 heterocycles. The van der Waals surface area contributed by atoms with E-state index in [2.05, 4.69) is 11.6 Å². The van der Waals surface area contributed by atoms with Crippen molar-refractivity contribution >= 4 is 23.3 Å². The summed E-state index contributed by atoms with van der Waals surface area (Å²) in [6, 6.07) is 5.55. The van der Waals surface area contributed by atoms with Crippen molar-refractivity contribution in [2.24, 2.45) is 10.7 Å². The van der Waals surface area contributed by atoms with E-state index in [0.29, 0.717) is 42.0 Å². The molecule has 2 N–H and O–H groups in total. The number of benzene rings is 1. The summed E-state index contributed by atoms with van der Waals surface area (Å²) >= 11 is 6.71. The summed E-state index contributed by atoms with van der Waals surface area (Å²) < 4.78 is 13.5. The number of likely N-dealkylation sites (tertiary alicyclic amines) is 1. The molecule has 1 atom stereocenters. The Morgan fingerprint density at radius 3 is 2.85 bits per heavy atom. The van der Waals surface area contributed by atoms with E-state index < -0.39 is 0 Å². The third-order valence-electron chi connectivity index (χ3n) is 7.53. The number of amides is 1. The Morgan fingerprint density at radius 1 is 1.32 bits per heavy atom. The zero-order valence-corrected chi connectivity index (χ0v) is 24.0. The molecule has 0 saturated carbocycles. The lowest BCUT2D eigenvalue weighted by Gasteiger charge is -2.32. The van der Waals surface area contributed by atoms with Gasteiger partial charge in [-0.3, -0.25) is 9.78 Å². The van der Waals surface area contributed by atoms with Gasteiger partial charge in [-0.1, -0.05) is 18.2 Å². The highest BCUT2D eigenvalue weighted by molar-refractivity contribution is 6.32. The fourth-order valence-electron chi connectivity index (χ4n) is 5.32. The number of carbonyl (C=O) groups is 1. The number of nitrogens with zero attached hydrogens (tertiary/aromatic N) is 6. The molecule has 1 amide bonds. The van der Waals surface area contributed by atoms with Crippen molar-refractivity contribution in [2.75, 3.05) is 33.9 Å². The van der Waals surface area contributed by atoms with Crippen molar-refractivity contribution in [3.63, 3.8) is 0 Å². The fraction of sp³-hybridized carbons (Fsp3) is 0.379. The first-order valence-electron chi connectivity index (χ1n) is 13.2. The molecule has 2 aliphatic rings. The predicted octanol–water partition coefficient (Wildman–Crippen LogP) is 2.70. The van der Waals surface area contributed by atoms with Crippen molar-refractivity contribution in [2.45, 2.75) is 39.3 Å². The summed E-state index contributed by atoms with van der Waals surface area (Å²) in [5, 5.41) is 6.21. The van der Waals surface area contributed by atoms with Crippen LogP contribution in [-0.4, -0.2) is 64.4 Å². The first-order chi connectivity index (χ1) is 19.2. The molecule has 1 aromatic carbocycles. The Morgan fingerprint density at radius 2 is 2.12 bits per heavy atom. The average molecular weight is 564 g/mol. The van der Waals surface area contributed by atoms with E-state index in [4.69, 9.17) is 36.9 Å². The summed E-state index contributed by atoms with van der Waals surface area (Å²) in [6.45, 7) is 9.47. The van der Waals surface area contributed by atoms with Crippen LogP contribution in [0, 0.1) is 13.8 Å². The van der Waals surface area contributed by atoms with E-state index in [9.17, 15) is 4.79 Å². The summed E-state index contributed by atoms with van der Waals surface area (Å²) in [5.74, 6) is 1.84. The zero-order valence-electron chi connectivity index (χ0n) is 23.3. The average Bonchev–Trinajstić information content (AvgIpc) is 3.35. The molecule has 0 radical (unpaired) electrons. The van der Waals surface area contributed by atoms with Crippen LogP contribution in [0.3, 0.4) is 0 Å². The molecule has 5 rings (SSSR count). The summed E-state index contributed by atoms with van der Waals surface area (Å²) in [5.41, 5.74) is 11.4. The van der Waals surface area contributed by atoms with E-state index >= 15 is 0 Å². The fourth-order valence-corrected chi connectivity index (χ4v) is 5.56. The van der Waals surface area contributed by atoms with Crippen LogP contribution in [0.5, 0.6) is 11.5 Å². The van der Waals surface area contributed by atoms with E-state index in [1.165, 1.54) is 6.08 Å². The lowest BCUT2D eigenvalue weighted by atomic mass is 10.1. The number of hydrogen-bond acceptors (Lipinski definition) is 8. The maximum Gasteiger partial charge on any atom is 0.246 e. The number of fused-ring (bicyclic) bond motifs is 1. The number of aryl methyl sites for hydroxylation is 1. The number of piperidine rings is 1. The molecule has 2 aromatic heterocycles. The molecule has 210 valence electrons. The van der Waals surface area contributed by atoms with Gasteiger partial charge in [0.05, 0.1) is 29.1 Å². The number of ether oxygens (including phenoxy) is 2. The lowest BCUT2D eigenvalue weighted by Crippen LogP contribution is -2.47. The number of nitrogens with two attached hydrogens (primary N) is 1. The van der Waals surface area contributed by atoms with Gasteiger partial charge in [-0.25, -0.2) is 9.67 Å². The van der Waals surface area contributed by atoms with Gasteiger partial charge in [-0.05, 0) is 51.0 Å². The first-order valence-corrected chi connectivity index (χ1v) is 13.6. The predicted molar refractivity (Wildman–Crippen MR) is 153 cm³/mol. The maximum absolute atomic E-state index is 12.3. The van der Waals surface area contributed by atoms with Gasteiger partial charge in [-0.2, -0.15) is 5.10 Å². The number of pyridine rings is 1. The maximum atomic E-state index is 12.3. The van der Waals surface area contributed by atoms with Gasteiger partial charge in [0.15, 0.2) is 5.49 Å². The van der Waals surface area contributed by atoms with Crippen molar-refractivity contribution in [3.05, 3.63) is 69.6 Å². The lowest BCUT2D eigenvalue weighted by molar-refractivity contribution is -0.127. The highest BCUT2D eigenvalue weighted by Gasteiger charge is 2.28.